The lowest BCUT2D eigenvalue weighted by molar-refractivity contribution is 0.112. The molecular formula is C11H12N2OS. The first kappa shape index (κ1) is 10.2. The van der Waals surface area contributed by atoms with E-state index in [4.69, 9.17) is 5.26 Å². The van der Waals surface area contributed by atoms with Crippen LogP contribution >= 0.6 is 11.3 Å². The summed E-state index contributed by atoms with van der Waals surface area (Å²) in [6, 6.07) is 4.23. The molecule has 2 heterocycles. The summed E-state index contributed by atoms with van der Waals surface area (Å²) < 4.78 is 0. The maximum atomic E-state index is 10.5. The predicted octanol–water partition coefficient (Wildman–Crippen LogP) is 2.30. The highest BCUT2D eigenvalue weighted by atomic mass is 32.1. The largest absolute Gasteiger partial charge is 0.371 e. The number of aldehydes is 1. The van der Waals surface area contributed by atoms with Crippen molar-refractivity contribution in [3.05, 3.63) is 16.3 Å². The Morgan fingerprint density at radius 2 is 2.27 bits per heavy atom. The van der Waals surface area contributed by atoms with Gasteiger partial charge in [0.2, 0.25) is 0 Å². The van der Waals surface area contributed by atoms with Crippen LogP contribution in [0.5, 0.6) is 0 Å². The van der Waals surface area contributed by atoms with E-state index in [9.17, 15) is 4.79 Å². The lowest BCUT2D eigenvalue weighted by Gasteiger charge is -2.30. The molecule has 0 atom stereocenters. The van der Waals surface area contributed by atoms with Gasteiger partial charge in [0.15, 0.2) is 6.29 Å². The minimum Gasteiger partial charge on any atom is -0.371 e. The van der Waals surface area contributed by atoms with Crippen LogP contribution in [-0.2, 0) is 0 Å². The van der Waals surface area contributed by atoms with Crippen molar-refractivity contribution in [3.63, 3.8) is 0 Å². The van der Waals surface area contributed by atoms with E-state index >= 15 is 0 Å². The fourth-order valence-electron chi connectivity index (χ4n) is 1.84. The van der Waals surface area contributed by atoms with E-state index in [-0.39, 0.29) is 5.92 Å². The third kappa shape index (κ3) is 2.18. The molecule has 1 saturated heterocycles. The molecule has 15 heavy (non-hydrogen) atoms. The minimum atomic E-state index is 0.213. The summed E-state index contributed by atoms with van der Waals surface area (Å²) in [4.78, 5) is 13.6. The second-order valence-electron chi connectivity index (χ2n) is 3.72. The Labute approximate surface area is 92.9 Å². The van der Waals surface area contributed by atoms with Gasteiger partial charge in [-0.15, -0.1) is 11.3 Å². The van der Waals surface area contributed by atoms with Gasteiger partial charge in [-0.2, -0.15) is 5.26 Å². The number of hydrogen-bond donors (Lipinski definition) is 0. The molecule has 1 aliphatic rings. The van der Waals surface area contributed by atoms with Gasteiger partial charge < -0.3 is 4.90 Å². The number of carbonyl (C=O) groups excluding carboxylic acids is 1. The van der Waals surface area contributed by atoms with Crippen LogP contribution in [0.1, 0.15) is 22.5 Å². The van der Waals surface area contributed by atoms with Crippen molar-refractivity contribution in [2.24, 2.45) is 5.92 Å². The van der Waals surface area contributed by atoms with Crippen molar-refractivity contribution < 1.29 is 4.79 Å². The molecule has 0 aromatic carbocycles. The van der Waals surface area contributed by atoms with Crippen molar-refractivity contribution >= 4 is 23.3 Å². The summed E-state index contributed by atoms with van der Waals surface area (Å²) >= 11 is 1.48. The van der Waals surface area contributed by atoms with E-state index in [0.717, 1.165) is 42.8 Å². The van der Waals surface area contributed by atoms with E-state index in [1.807, 2.05) is 11.4 Å². The molecule has 0 saturated carbocycles. The summed E-state index contributed by atoms with van der Waals surface area (Å²) in [6.45, 7) is 1.85. The fourth-order valence-corrected chi connectivity index (χ4v) is 2.55. The molecule has 1 fully saturated rings. The van der Waals surface area contributed by atoms with Gasteiger partial charge in [0, 0.05) is 30.1 Å². The van der Waals surface area contributed by atoms with E-state index in [1.54, 1.807) is 0 Å². The smallest absolute Gasteiger partial charge is 0.160 e. The predicted molar refractivity (Wildman–Crippen MR) is 60.3 cm³/mol. The highest BCUT2D eigenvalue weighted by molar-refractivity contribution is 7.12. The van der Waals surface area contributed by atoms with Gasteiger partial charge in [-0.1, -0.05) is 0 Å². The second kappa shape index (κ2) is 4.45. The first-order chi connectivity index (χ1) is 7.33. The molecule has 0 radical (unpaired) electrons. The summed E-state index contributed by atoms with van der Waals surface area (Å²) in [5.41, 5.74) is 1.12. The molecule has 0 N–H and O–H groups in total. The van der Waals surface area contributed by atoms with Crippen LogP contribution in [-0.4, -0.2) is 19.4 Å². The average Bonchev–Trinajstić information content (AvgIpc) is 2.78. The number of piperidine rings is 1. The van der Waals surface area contributed by atoms with E-state index in [0.29, 0.717) is 0 Å². The zero-order chi connectivity index (χ0) is 10.7. The molecule has 0 aliphatic carbocycles. The van der Waals surface area contributed by atoms with Crippen LogP contribution in [0.2, 0.25) is 0 Å². The van der Waals surface area contributed by atoms with Crippen molar-refractivity contribution in [2.75, 3.05) is 18.0 Å². The molecule has 0 spiro atoms. The Hall–Kier alpha value is -1.34. The molecular weight excluding hydrogens is 208 g/mol. The number of thiophene rings is 1. The lowest BCUT2D eigenvalue weighted by Crippen LogP contribution is -2.32. The molecule has 1 aliphatic heterocycles. The van der Waals surface area contributed by atoms with Crippen LogP contribution in [0.25, 0.3) is 0 Å². The highest BCUT2D eigenvalue weighted by Gasteiger charge is 2.19. The third-order valence-corrected chi connectivity index (χ3v) is 3.61. The molecule has 1 aromatic heterocycles. The number of carbonyl (C=O) groups is 1. The van der Waals surface area contributed by atoms with E-state index in [1.165, 1.54) is 11.3 Å². The molecule has 0 amide bonds. The van der Waals surface area contributed by atoms with Gasteiger partial charge in [0.05, 0.1) is 10.9 Å². The molecule has 1 aromatic rings. The SMILES string of the molecule is N#CC1CCN(c2csc(C=O)c2)CC1. The average molecular weight is 220 g/mol. The summed E-state index contributed by atoms with van der Waals surface area (Å²) in [6.07, 6.45) is 2.75. The quantitative estimate of drug-likeness (QED) is 0.718. The standard InChI is InChI=1S/C11H12N2OS/c12-6-9-1-3-13(4-2-9)10-5-11(7-14)15-8-10/h5,7-9H,1-4H2. The number of anilines is 1. The summed E-state index contributed by atoms with van der Waals surface area (Å²) in [5, 5.41) is 10.8. The summed E-state index contributed by atoms with van der Waals surface area (Å²) in [5.74, 6) is 0.213. The Balaban J connectivity index is 2.01. The third-order valence-electron chi connectivity index (χ3n) is 2.76. The van der Waals surface area contributed by atoms with Crippen LogP contribution in [0.4, 0.5) is 5.69 Å². The first-order valence-corrected chi connectivity index (χ1v) is 5.89. The van der Waals surface area contributed by atoms with Gasteiger partial charge in [-0.3, -0.25) is 4.79 Å². The highest BCUT2D eigenvalue weighted by Crippen LogP contribution is 2.26. The van der Waals surface area contributed by atoms with Crippen molar-refractivity contribution in [2.45, 2.75) is 12.8 Å². The second-order valence-corrected chi connectivity index (χ2v) is 4.66. The molecule has 2 rings (SSSR count). The van der Waals surface area contributed by atoms with Crippen LogP contribution < -0.4 is 4.90 Å². The van der Waals surface area contributed by atoms with Gasteiger partial charge in [-0.05, 0) is 18.9 Å². The molecule has 78 valence electrons. The van der Waals surface area contributed by atoms with E-state index in [2.05, 4.69) is 11.0 Å². The van der Waals surface area contributed by atoms with Crippen molar-refractivity contribution in [1.82, 2.24) is 0 Å². The topological polar surface area (TPSA) is 44.1 Å². The maximum absolute atomic E-state index is 10.5. The van der Waals surface area contributed by atoms with Gasteiger partial charge >= 0.3 is 0 Å². The van der Waals surface area contributed by atoms with Crippen molar-refractivity contribution in [3.8, 4) is 6.07 Å². The van der Waals surface area contributed by atoms with Crippen LogP contribution in [0, 0.1) is 17.2 Å². The zero-order valence-electron chi connectivity index (χ0n) is 8.35. The fraction of sp³-hybridized carbons (Fsp3) is 0.455. The molecule has 3 nitrogen and oxygen atoms in total. The molecule has 0 unspecified atom stereocenters. The Bertz CT molecular complexity index is 386. The zero-order valence-corrected chi connectivity index (χ0v) is 9.17. The van der Waals surface area contributed by atoms with Crippen LogP contribution in [0.3, 0.4) is 0 Å². The van der Waals surface area contributed by atoms with Gasteiger partial charge in [0.1, 0.15) is 0 Å². The van der Waals surface area contributed by atoms with Crippen LogP contribution in [0.15, 0.2) is 11.4 Å². The first-order valence-electron chi connectivity index (χ1n) is 5.02. The Kier molecular flexibility index (Phi) is 3.02. The molecule has 4 heteroatoms. The monoisotopic (exact) mass is 220 g/mol. The Morgan fingerprint density at radius 3 is 2.80 bits per heavy atom. The normalized spacial score (nSPS) is 17.4. The number of nitriles is 1. The lowest BCUT2D eigenvalue weighted by atomic mass is 9.98. The number of hydrogen-bond acceptors (Lipinski definition) is 4. The van der Waals surface area contributed by atoms with Gasteiger partial charge in [0.25, 0.3) is 0 Å². The maximum Gasteiger partial charge on any atom is 0.160 e. The summed E-state index contributed by atoms with van der Waals surface area (Å²) in [7, 11) is 0. The van der Waals surface area contributed by atoms with E-state index < -0.39 is 0 Å². The number of rotatable bonds is 2. The van der Waals surface area contributed by atoms with Crippen molar-refractivity contribution in [1.29, 1.82) is 5.26 Å². The number of nitrogens with zero attached hydrogens (tertiary/aromatic N) is 2. The minimum absolute atomic E-state index is 0.213. The molecule has 0 bridgehead atoms. The van der Waals surface area contributed by atoms with Gasteiger partial charge in [-0.25, -0.2) is 0 Å². The Morgan fingerprint density at radius 1 is 1.53 bits per heavy atom.